The summed E-state index contributed by atoms with van der Waals surface area (Å²) in [4.78, 5) is 41.7. The number of benzene rings is 2. The van der Waals surface area contributed by atoms with E-state index in [1.165, 1.54) is 0 Å². The van der Waals surface area contributed by atoms with Crippen LogP contribution >= 0.6 is 0 Å². The van der Waals surface area contributed by atoms with Crippen molar-refractivity contribution in [2.75, 3.05) is 0 Å². The Balaban J connectivity index is 0.000000198. The molecule has 0 unspecified atom stereocenters. The van der Waals surface area contributed by atoms with Gasteiger partial charge in [-0.2, -0.15) is 0 Å². The number of non-ortho nitro benzene ring substituents is 3. The first-order chi connectivity index (χ1) is 12.7. The summed E-state index contributed by atoms with van der Waals surface area (Å²) < 4.78 is 0. The lowest BCUT2D eigenvalue weighted by molar-refractivity contribution is -0.403. The molecule has 0 aliphatic carbocycles. The molecule has 0 fully saturated rings. The van der Waals surface area contributed by atoms with Gasteiger partial charge in [0.2, 0.25) is 0 Å². The van der Waals surface area contributed by atoms with Gasteiger partial charge in [0.1, 0.15) is 0 Å². The molecule has 0 bridgehead atoms. The molecule has 0 radical (unpaired) electrons. The van der Waals surface area contributed by atoms with Crippen LogP contribution in [0.1, 0.15) is 10.4 Å². The van der Waals surface area contributed by atoms with Gasteiger partial charge in [0.15, 0.2) is 0 Å². The van der Waals surface area contributed by atoms with Gasteiger partial charge in [-0.15, -0.1) is 0 Å². The number of aromatic amines is 1. The third kappa shape index (κ3) is 4.60. The number of carboxylic acids is 1. The fraction of sp³-hybridized carbons (Fsp3) is 0. The first kappa shape index (κ1) is 19.0. The number of hydrogen-bond donors (Lipinski definition) is 2. The summed E-state index contributed by atoms with van der Waals surface area (Å²) in [5.41, 5.74) is -0.773. The van der Waals surface area contributed by atoms with Gasteiger partial charge in [-0.25, -0.2) is 4.79 Å². The Kier molecular flexibility index (Phi) is 5.41. The number of nitrogens with zero attached hydrogens (tertiary/aromatic N) is 3. The van der Waals surface area contributed by atoms with E-state index in [0.29, 0.717) is 23.8 Å². The number of nitro benzene ring substituents is 3. The van der Waals surface area contributed by atoms with Gasteiger partial charge < -0.3 is 10.1 Å². The normalized spacial score (nSPS) is 9.93. The molecule has 0 aliphatic heterocycles. The van der Waals surface area contributed by atoms with Crippen LogP contribution in [0, 0.1) is 30.3 Å². The van der Waals surface area contributed by atoms with Crippen LogP contribution in [0.15, 0.2) is 48.7 Å². The van der Waals surface area contributed by atoms with Crippen LogP contribution < -0.4 is 0 Å². The van der Waals surface area contributed by atoms with Crippen LogP contribution in [0.3, 0.4) is 0 Å². The Bertz CT molecular complexity index is 980. The van der Waals surface area contributed by atoms with Gasteiger partial charge in [0.25, 0.3) is 17.1 Å². The van der Waals surface area contributed by atoms with Crippen molar-refractivity contribution in [3.05, 3.63) is 84.6 Å². The number of carboxylic acid groups (broad SMARTS) is 1. The number of rotatable bonds is 4. The van der Waals surface area contributed by atoms with E-state index in [0.717, 1.165) is 10.9 Å². The second kappa shape index (κ2) is 7.69. The van der Waals surface area contributed by atoms with Crippen molar-refractivity contribution in [3.63, 3.8) is 0 Å². The second-order valence-corrected chi connectivity index (χ2v) is 5.06. The van der Waals surface area contributed by atoms with Crippen molar-refractivity contribution < 1.29 is 24.7 Å². The van der Waals surface area contributed by atoms with E-state index in [-0.39, 0.29) is 0 Å². The smallest absolute Gasteiger partial charge is 0.335 e. The van der Waals surface area contributed by atoms with Gasteiger partial charge in [0.05, 0.1) is 38.5 Å². The molecule has 1 heterocycles. The minimum atomic E-state index is -0.931. The number of nitro groups is 3. The average Bonchev–Trinajstić information content (AvgIpc) is 3.09. The Hall–Kier alpha value is -4.35. The number of fused-ring (bicyclic) bond motifs is 1. The topological polar surface area (TPSA) is 183 Å². The van der Waals surface area contributed by atoms with Gasteiger partial charge in [-0.1, -0.05) is 0 Å². The molecule has 0 saturated carbocycles. The molecule has 0 amide bonds. The zero-order valence-corrected chi connectivity index (χ0v) is 13.3. The molecule has 1 aromatic heterocycles. The maximum Gasteiger partial charge on any atom is 0.335 e. The SMILES string of the molecule is O=C(O)c1ccc2[nH]ccc2c1.O=[N+]([O-])c1cc([N+](=O)[O-])cc([N+](=O)[O-])c1. The lowest BCUT2D eigenvalue weighted by atomic mass is 10.1. The number of hydrogen-bond acceptors (Lipinski definition) is 7. The molecular weight excluding hydrogens is 364 g/mol. The molecular formula is C15H10N4O8. The van der Waals surface area contributed by atoms with Crippen molar-refractivity contribution >= 4 is 33.9 Å². The maximum absolute atomic E-state index is 10.6. The average molecular weight is 374 g/mol. The molecule has 138 valence electrons. The fourth-order valence-electron chi connectivity index (χ4n) is 2.08. The number of aromatic nitrogens is 1. The van der Waals surface area contributed by atoms with E-state index in [1.807, 2.05) is 6.07 Å². The van der Waals surface area contributed by atoms with Gasteiger partial charge in [-0.05, 0) is 24.3 Å². The van der Waals surface area contributed by atoms with Crippen molar-refractivity contribution in [2.24, 2.45) is 0 Å². The van der Waals surface area contributed by atoms with Crippen molar-refractivity contribution in [1.82, 2.24) is 4.98 Å². The summed E-state index contributed by atoms with van der Waals surface area (Å²) >= 11 is 0. The molecule has 0 spiro atoms. The van der Waals surface area contributed by atoms with Crippen molar-refractivity contribution in [2.45, 2.75) is 0 Å². The van der Waals surface area contributed by atoms with E-state index in [9.17, 15) is 35.1 Å². The molecule has 2 N–H and O–H groups in total. The Morgan fingerprint density at radius 2 is 1.30 bits per heavy atom. The van der Waals surface area contributed by atoms with Crippen LogP contribution in [-0.2, 0) is 0 Å². The molecule has 2 aromatic carbocycles. The van der Waals surface area contributed by atoms with Crippen LogP contribution in [0.2, 0.25) is 0 Å². The summed E-state index contributed by atoms with van der Waals surface area (Å²) in [5, 5.41) is 40.5. The summed E-state index contributed by atoms with van der Waals surface area (Å²) in [6.45, 7) is 0. The highest BCUT2D eigenvalue weighted by Gasteiger charge is 2.21. The number of nitrogens with one attached hydrogen (secondary N) is 1. The third-order valence-electron chi connectivity index (χ3n) is 3.32. The zero-order chi connectivity index (χ0) is 20.1. The van der Waals surface area contributed by atoms with Crippen LogP contribution in [0.5, 0.6) is 0 Å². The Labute approximate surface area is 149 Å². The van der Waals surface area contributed by atoms with Crippen molar-refractivity contribution in [3.8, 4) is 0 Å². The van der Waals surface area contributed by atoms with Crippen LogP contribution in [0.4, 0.5) is 17.1 Å². The maximum atomic E-state index is 10.6. The molecule has 0 saturated heterocycles. The van der Waals surface area contributed by atoms with Crippen LogP contribution in [-0.4, -0.2) is 30.8 Å². The number of aromatic carboxylic acids is 1. The first-order valence-corrected chi connectivity index (χ1v) is 7.07. The molecule has 0 aliphatic rings. The molecule has 27 heavy (non-hydrogen) atoms. The van der Waals surface area contributed by atoms with Gasteiger partial charge in [-0.3, -0.25) is 30.3 Å². The minimum Gasteiger partial charge on any atom is -0.478 e. The highest BCUT2D eigenvalue weighted by molar-refractivity contribution is 5.93. The molecule has 3 aromatic rings. The van der Waals surface area contributed by atoms with Gasteiger partial charge >= 0.3 is 5.97 Å². The van der Waals surface area contributed by atoms with E-state index >= 15 is 0 Å². The summed E-state index contributed by atoms with van der Waals surface area (Å²) in [6.07, 6.45) is 1.79. The van der Waals surface area contributed by atoms with E-state index < -0.39 is 37.8 Å². The number of H-pyrrole nitrogens is 1. The molecule has 0 atom stereocenters. The lowest BCUT2D eigenvalue weighted by Gasteiger charge is -1.93. The van der Waals surface area contributed by atoms with E-state index in [1.54, 1.807) is 24.4 Å². The monoisotopic (exact) mass is 374 g/mol. The van der Waals surface area contributed by atoms with Gasteiger partial charge in [0, 0.05) is 17.1 Å². The van der Waals surface area contributed by atoms with Crippen molar-refractivity contribution in [1.29, 1.82) is 0 Å². The largest absolute Gasteiger partial charge is 0.478 e. The highest BCUT2D eigenvalue weighted by atomic mass is 16.6. The predicted octanol–water partition coefficient (Wildman–Crippen LogP) is 3.28. The van der Waals surface area contributed by atoms with Crippen LogP contribution in [0.25, 0.3) is 10.9 Å². The molecule has 3 rings (SSSR count). The summed E-state index contributed by atoms with van der Waals surface area (Å²) in [6, 6.07) is 8.82. The fourth-order valence-corrected chi connectivity index (χ4v) is 2.08. The highest BCUT2D eigenvalue weighted by Crippen LogP contribution is 2.26. The lowest BCUT2D eigenvalue weighted by Crippen LogP contribution is -1.96. The quantitative estimate of drug-likeness (QED) is 0.515. The Morgan fingerprint density at radius 1 is 0.815 bits per heavy atom. The van der Waals surface area contributed by atoms with E-state index in [2.05, 4.69) is 4.98 Å². The third-order valence-corrected chi connectivity index (χ3v) is 3.32. The number of carbonyl (C=O) groups is 1. The molecule has 12 nitrogen and oxygen atoms in total. The summed E-state index contributed by atoms with van der Waals surface area (Å²) in [7, 11) is 0. The summed E-state index contributed by atoms with van der Waals surface area (Å²) in [5.74, 6) is -0.891. The predicted molar refractivity (Wildman–Crippen MR) is 91.7 cm³/mol. The second-order valence-electron chi connectivity index (χ2n) is 5.06. The standard InChI is InChI=1S/C9H7NO2.C6H3N3O6/c11-9(12)7-1-2-8-6(5-7)3-4-10-8;10-7(11)4-1-5(8(12)13)3-6(2-4)9(14)15/h1-5,10H,(H,11,12);1-3H. The zero-order valence-electron chi connectivity index (χ0n) is 13.3. The first-order valence-electron chi connectivity index (χ1n) is 7.07. The Morgan fingerprint density at radius 3 is 1.70 bits per heavy atom. The molecule has 12 heteroatoms. The van der Waals surface area contributed by atoms with E-state index in [4.69, 9.17) is 5.11 Å². The minimum absolute atomic E-state index is 0.321.